The van der Waals surface area contributed by atoms with Gasteiger partial charge in [-0.15, -0.1) is 11.3 Å². The van der Waals surface area contributed by atoms with E-state index in [9.17, 15) is 39.0 Å². The van der Waals surface area contributed by atoms with Crippen LogP contribution in [0.25, 0.3) is 6.08 Å². The molecule has 57 heavy (non-hydrogen) atoms. The smallest absolute Gasteiger partial charge is 0.481 e. The second-order valence-electron chi connectivity index (χ2n) is 15.6. The highest BCUT2D eigenvalue weighted by Gasteiger charge is 2.49. The standard InChI is InChI=1S/C39H59N3O12S3/c1-22-9-8-10-29-30(42(29)11-12-52-38(51)53-13-14-56-57-21-28(19-43)41-37(50)24(3)16-33(45)46)17-31(23(2)15-27-20-55-26(5)40-27)54-34(47)18-32(44)39(6,7)36(49)25(4)35(22)48/h15,19-20,22,24-25,28-32,35,44,48H,8-14,16-18,21H2,1-7H3,(H,41,50)(H,45,46)/b23-15+/t22-,24-,25+,28?,29+,30-,31-,32-,35-,42?/m0/s1. The summed E-state index contributed by atoms with van der Waals surface area (Å²) in [5.74, 6) is -3.63. The van der Waals surface area contributed by atoms with Gasteiger partial charge in [-0.25, -0.2) is 9.78 Å². The van der Waals surface area contributed by atoms with Gasteiger partial charge in [-0.1, -0.05) is 62.6 Å². The predicted molar refractivity (Wildman–Crippen MR) is 219 cm³/mol. The number of aliphatic hydroxyl groups is 2. The molecule has 1 amide bonds. The van der Waals surface area contributed by atoms with Gasteiger partial charge in [-0.2, -0.15) is 0 Å². The topological polar surface area (TPSA) is 219 Å². The number of hydrogen-bond donors (Lipinski definition) is 4. The Morgan fingerprint density at radius 2 is 1.84 bits per heavy atom. The number of carboxylic acids is 1. The Labute approximate surface area is 346 Å². The summed E-state index contributed by atoms with van der Waals surface area (Å²) < 4.78 is 16.6. The number of aryl methyl sites for hydroxylation is 1. The minimum absolute atomic E-state index is 0.00766. The minimum Gasteiger partial charge on any atom is -0.481 e. The number of carboxylic acid groups (broad SMARTS) is 1. The highest BCUT2D eigenvalue weighted by molar-refractivity contribution is 8.76. The van der Waals surface area contributed by atoms with Crippen LogP contribution in [0.5, 0.6) is 0 Å². The second kappa shape index (κ2) is 22.9. The van der Waals surface area contributed by atoms with E-state index in [0.29, 0.717) is 31.4 Å². The van der Waals surface area contributed by atoms with Crippen molar-refractivity contribution in [2.45, 2.75) is 123 Å². The number of rotatable bonds is 16. The monoisotopic (exact) mass is 857 g/mol. The van der Waals surface area contributed by atoms with Crippen LogP contribution in [0.15, 0.2) is 11.0 Å². The van der Waals surface area contributed by atoms with Crippen LogP contribution in [-0.2, 0) is 38.2 Å². The molecule has 2 aliphatic rings. The number of carbonyl (C=O) groups is 6. The van der Waals surface area contributed by atoms with Crippen molar-refractivity contribution in [2.75, 3.05) is 31.3 Å². The van der Waals surface area contributed by atoms with E-state index >= 15 is 0 Å². The molecule has 1 aromatic heterocycles. The summed E-state index contributed by atoms with van der Waals surface area (Å²) in [6, 6.07) is -0.701. The Balaban J connectivity index is 1.59. The highest BCUT2D eigenvalue weighted by Crippen LogP contribution is 2.39. The van der Waals surface area contributed by atoms with Gasteiger partial charge in [0.25, 0.3) is 0 Å². The molecule has 0 saturated carbocycles. The average Bonchev–Trinajstić information content (AvgIpc) is 3.61. The van der Waals surface area contributed by atoms with Crippen molar-refractivity contribution in [1.29, 1.82) is 0 Å². The molecule has 2 fully saturated rings. The van der Waals surface area contributed by atoms with Crippen LogP contribution >= 0.6 is 32.9 Å². The molecule has 0 radical (unpaired) electrons. The molecular formula is C39H59N3O12S3. The molecule has 18 heteroatoms. The molecule has 2 saturated heterocycles. The van der Waals surface area contributed by atoms with Gasteiger partial charge in [-0.3, -0.25) is 24.1 Å². The predicted octanol–water partition coefficient (Wildman–Crippen LogP) is 4.70. The van der Waals surface area contributed by atoms with Crippen molar-refractivity contribution in [3.8, 4) is 0 Å². The van der Waals surface area contributed by atoms with E-state index in [0.717, 1.165) is 29.1 Å². The van der Waals surface area contributed by atoms with Gasteiger partial charge in [0.1, 0.15) is 31.4 Å². The van der Waals surface area contributed by atoms with E-state index in [2.05, 4.69) is 15.2 Å². The van der Waals surface area contributed by atoms with Crippen molar-refractivity contribution in [3.05, 3.63) is 21.7 Å². The van der Waals surface area contributed by atoms with E-state index in [1.165, 1.54) is 39.8 Å². The number of Topliss-reactive ketones (excluding diaryl/α,β-unsaturated/α-hetero) is 1. The van der Waals surface area contributed by atoms with Crippen molar-refractivity contribution in [1.82, 2.24) is 15.2 Å². The van der Waals surface area contributed by atoms with Crippen LogP contribution in [-0.4, -0.2) is 129 Å². The molecule has 3 heterocycles. The number of aliphatic hydroxyl groups excluding tert-OH is 2. The molecule has 3 rings (SSSR count). The van der Waals surface area contributed by atoms with E-state index in [-0.39, 0.29) is 49.2 Å². The Hall–Kier alpha value is -3.03. The number of thiazole rings is 1. The lowest BCUT2D eigenvalue weighted by Gasteiger charge is -2.34. The average molecular weight is 858 g/mol. The van der Waals surface area contributed by atoms with Crippen LogP contribution in [0.4, 0.5) is 4.79 Å². The number of carbonyl (C=O) groups excluding carboxylic acids is 5. The van der Waals surface area contributed by atoms with Crippen molar-refractivity contribution in [3.63, 3.8) is 0 Å². The van der Waals surface area contributed by atoms with Gasteiger partial charge < -0.3 is 39.6 Å². The van der Waals surface area contributed by atoms with E-state index in [1.807, 2.05) is 32.2 Å². The molecule has 0 spiro atoms. The zero-order chi connectivity index (χ0) is 42.4. The Kier molecular flexibility index (Phi) is 19.5. The third kappa shape index (κ3) is 15.3. The van der Waals surface area contributed by atoms with Crippen molar-refractivity contribution < 1.29 is 58.3 Å². The molecule has 0 bridgehead atoms. The summed E-state index contributed by atoms with van der Waals surface area (Å²) >= 11 is 1.51. The number of nitrogens with zero attached hydrogens (tertiary/aromatic N) is 2. The van der Waals surface area contributed by atoms with Crippen LogP contribution in [0.2, 0.25) is 0 Å². The first-order chi connectivity index (χ1) is 26.8. The number of fused-ring (bicyclic) bond motifs is 1. The fourth-order valence-corrected chi connectivity index (χ4v) is 9.47. The summed E-state index contributed by atoms with van der Waals surface area (Å²) in [5.41, 5.74) is 0.236. The van der Waals surface area contributed by atoms with Gasteiger partial charge in [0.05, 0.1) is 47.2 Å². The van der Waals surface area contributed by atoms with Crippen molar-refractivity contribution >= 4 is 75.1 Å². The van der Waals surface area contributed by atoms with Gasteiger partial charge in [0, 0.05) is 53.8 Å². The largest absolute Gasteiger partial charge is 0.508 e. The van der Waals surface area contributed by atoms with Gasteiger partial charge in [0.15, 0.2) is 0 Å². The number of aldehydes is 1. The number of amides is 1. The molecule has 0 aliphatic carbocycles. The lowest BCUT2D eigenvalue weighted by atomic mass is 9.73. The van der Waals surface area contributed by atoms with Crippen molar-refractivity contribution in [2.24, 2.45) is 23.2 Å². The zero-order valence-corrected chi connectivity index (χ0v) is 36.3. The number of cyclic esters (lactones) is 1. The number of ketones is 1. The quantitative estimate of drug-likeness (QED) is 0.0582. The number of ether oxygens (including phenoxy) is 3. The Bertz CT molecular complexity index is 1570. The van der Waals surface area contributed by atoms with Crippen LogP contribution in [0.1, 0.15) is 90.8 Å². The molecule has 15 nitrogen and oxygen atoms in total. The maximum absolute atomic E-state index is 13.5. The molecule has 2 aliphatic heterocycles. The summed E-state index contributed by atoms with van der Waals surface area (Å²) in [6.07, 6.45) is 0.699. The maximum atomic E-state index is 13.5. The maximum Gasteiger partial charge on any atom is 0.508 e. The summed E-state index contributed by atoms with van der Waals surface area (Å²) in [6.45, 7) is 12.5. The van der Waals surface area contributed by atoms with Gasteiger partial charge >= 0.3 is 18.1 Å². The van der Waals surface area contributed by atoms with E-state index < -0.39 is 72.0 Å². The zero-order valence-electron chi connectivity index (χ0n) is 33.8. The lowest BCUT2D eigenvalue weighted by Crippen LogP contribution is -2.45. The fourth-order valence-electron chi connectivity index (χ4n) is 6.94. The van der Waals surface area contributed by atoms with E-state index in [1.54, 1.807) is 20.8 Å². The van der Waals surface area contributed by atoms with Gasteiger partial charge in [0.2, 0.25) is 5.91 Å². The van der Waals surface area contributed by atoms with Crippen LogP contribution < -0.4 is 5.32 Å². The molecule has 4 N–H and O–H groups in total. The number of nitrogens with one attached hydrogen (secondary N) is 1. The lowest BCUT2D eigenvalue weighted by molar-refractivity contribution is -0.154. The second-order valence-corrected chi connectivity index (χ2v) is 19.3. The minimum atomic E-state index is -1.32. The number of esters is 1. The normalized spacial score (nSPS) is 28.3. The highest BCUT2D eigenvalue weighted by atomic mass is 33.1. The first-order valence-electron chi connectivity index (χ1n) is 19.3. The van der Waals surface area contributed by atoms with Crippen LogP contribution in [0, 0.1) is 30.1 Å². The fraction of sp³-hybridized carbons (Fsp3) is 0.718. The first-order valence-corrected chi connectivity index (χ1v) is 22.7. The van der Waals surface area contributed by atoms with Crippen LogP contribution in [0.3, 0.4) is 0 Å². The first kappa shape index (κ1) is 48.3. The molecule has 0 aromatic carbocycles. The number of aliphatic carboxylic acids is 1. The molecule has 2 unspecified atom stereocenters. The number of aromatic nitrogens is 1. The Morgan fingerprint density at radius 1 is 1.14 bits per heavy atom. The van der Waals surface area contributed by atoms with E-state index in [4.69, 9.17) is 19.3 Å². The molecular weight excluding hydrogens is 799 g/mol. The third-order valence-corrected chi connectivity index (χ3v) is 13.9. The Morgan fingerprint density at radius 3 is 2.49 bits per heavy atom. The van der Waals surface area contributed by atoms with Gasteiger partial charge in [-0.05, 0) is 44.3 Å². The molecule has 10 atom stereocenters. The number of hydrogen-bond acceptors (Lipinski definition) is 16. The summed E-state index contributed by atoms with van der Waals surface area (Å²) in [4.78, 5) is 80.3. The molecule has 1 aromatic rings. The summed E-state index contributed by atoms with van der Waals surface area (Å²) in [5, 5.41) is 36.4. The third-order valence-electron chi connectivity index (χ3n) is 10.7. The SMILES string of the molecule is C/C(=C\c1csc(C)n1)[C@@H]1C[C@H]2[C@@H](CCC[C@H](C)[C@H](O)[C@@H](C)C(=O)C(C)(C)[C@@H](O)CC(=O)O1)N2CCOC(=O)OCCSSCC(C=O)NC(=O)[C@@H](C)CC(=O)O. The molecule has 320 valence electrons. The summed E-state index contributed by atoms with van der Waals surface area (Å²) in [7, 11) is 2.64.